The van der Waals surface area contributed by atoms with E-state index in [1.807, 2.05) is 6.92 Å². The first-order valence-corrected chi connectivity index (χ1v) is 3.51. The van der Waals surface area contributed by atoms with Crippen LogP contribution in [0.15, 0.2) is 23.9 Å². The lowest BCUT2D eigenvalue weighted by molar-refractivity contribution is -0.114. The van der Waals surface area contributed by atoms with Crippen LogP contribution < -0.4 is 11.5 Å². The van der Waals surface area contributed by atoms with Gasteiger partial charge in [-0.15, -0.1) is 6.58 Å². The van der Waals surface area contributed by atoms with Gasteiger partial charge >= 0.3 is 0 Å². The maximum atomic E-state index is 10.7. The van der Waals surface area contributed by atoms with E-state index in [0.717, 1.165) is 0 Å². The summed E-state index contributed by atoms with van der Waals surface area (Å²) in [5, 5.41) is 0. The van der Waals surface area contributed by atoms with Crippen molar-refractivity contribution in [1.82, 2.24) is 0 Å². The molecule has 0 rings (SSSR count). The van der Waals surface area contributed by atoms with Crippen molar-refractivity contribution in [1.29, 1.82) is 0 Å². The van der Waals surface area contributed by atoms with Gasteiger partial charge in [0.25, 0.3) is 0 Å². The van der Waals surface area contributed by atoms with Crippen LogP contribution >= 0.6 is 0 Å². The summed E-state index contributed by atoms with van der Waals surface area (Å²) in [5.74, 6) is -0.454. The molecule has 1 amide bonds. The van der Waals surface area contributed by atoms with Gasteiger partial charge in [0.1, 0.15) is 0 Å². The van der Waals surface area contributed by atoms with Crippen LogP contribution in [-0.2, 0) is 4.79 Å². The molecule has 0 radical (unpaired) electrons. The van der Waals surface area contributed by atoms with Gasteiger partial charge in [0, 0.05) is 11.3 Å². The van der Waals surface area contributed by atoms with Crippen LogP contribution in [0.4, 0.5) is 0 Å². The molecule has 0 bridgehead atoms. The Balaban J connectivity index is 4.56. The molecule has 0 saturated heterocycles. The van der Waals surface area contributed by atoms with Crippen LogP contribution in [0.25, 0.3) is 0 Å². The molecule has 0 aromatic rings. The Morgan fingerprint density at radius 2 is 2.09 bits per heavy atom. The van der Waals surface area contributed by atoms with Gasteiger partial charge in [-0.3, -0.25) is 4.79 Å². The highest BCUT2D eigenvalue weighted by Crippen LogP contribution is 2.06. The summed E-state index contributed by atoms with van der Waals surface area (Å²) in [6.07, 6.45) is 2.71. The van der Waals surface area contributed by atoms with Crippen molar-refractivity contribution in [2.24, 2.45) is 11.5 Å². The maximum Gasteiger partial charge on any atom is 0.246 e. The van der Waals surface area contributed by atoms with Gasteiger partial charge in [-0.1, -0.05) is 13.0 Å². The second kappa shape index (κ2) is 4.55. The molecule has 0 aromatic heterocycles. The second-order valence-electron chi connectivity index (χ2n) is 2.21. The Labute approximate surface area is 66.8 Å². The molecule has 0 saturated carbocycles. The molecule has 0 aliphatic carbocycles. The summed E-state index contributed by atoms with van der Waals surface area (Å²) < 4.78 is 0. The van der Waals surface area contributed by atoms with Gasteiger partial charge in [-0.25, -0.2) is 0 Å². The van der Waals surface area contributed by atoms with Crippen molar-refractivity contribution in [3.05, 3.63) is 23.9 Å². The topological polar surface area (TPSA) is 69.1 Å². The summed E-state index contributed by atoms with van der Waals surface area (Å²) in [5.41, 5.74) is 11.6. The largest absolute Gasteiger partial charge is 0.402 e. The molecule has 0 spiro atoms. The molecule has 0 atom stereocenters. The zero-order valence-corrected chi connectivity index (χ0v) is 6.76. The van der Waals surface area contributed by atoms with Crippen LogP contribution in [0.1, 0.15) is 19.8 Å². The van der Waals surface area contributed by atoms with Crippen molar-refractivity contribution in [2.75, 3.05) is 0 Å². The molecule has 0 aromatic carbocycles. The van der Waals surface area contributed by atoms with E-state index in [-0.39, 0.29) is 0 Å². The molecule has 0 fully saturated rings. The van der Waals surface area contributed by atoms with E-state index >= 15 is 0 Å². The number of nitrogens with two attached hydrogens (primary N) is 2. The van der Waals surface area contributed by atoms with Crippen molar-refractivity contribution < 1.29 is 4.79 Å². The van der Waals surface area contributed by atoms with E-state index < -0.39 is 5.91 Å². The summed E-state index contributed by atoms with van der Waals surface area (Å²) >= 11 is 0. The number of carbonyl (C=O) groups is 1. The quantitative estimate of drug-likeness (QED) is 0.461. The van der Waals surface area contributed by atoms with Gasteiger partial charge < -0.3 is 11.5 Å². The predicted octanol–water partition coefficient (Wildman–Crippen LogP) is 0.671. The number of hydrogen-bond donors (Lipinski definition) is 2. The Bertz CT molecular complexity index is 194. The normalized spacial score (nSPS) is 12.1. The van der Waals surface area contributed by atoms with Crippen molar-refractivity contribution in [3.8, 4) is 0 Å². The zero-order valence-electron chi connectivity index (χ0n) is 6.76. The third-order valence-electron chi connectivity index (χ3n) is 1.41. The van der Waals surface area contributed by atoms with Crippen molar-refractivity contribution in [3.63, 3.8) is 0 Å². The summed E-state index contributed by atoms with van der Waals surface area (Å²) in [7, 11) is 0. The van der Waals surface area contributed by atoms with E-state index in [0.29, 0.717) is 24.1 Å². The third kappa shape index (κ3) is 2.89. The first-order chi connectivity index (χ1) is 5.13. The van der Waals surface area contributed by atoms with Crippen LogP contribution in [0.5, 0.6) is 0 Å². The number of allylic oxidation sites excluding steroid dienone is 2. The number of rotatable bonds is 4. The van der Waals surface area contributed by atoms with Crippen molar-refractivity contribution in [2.45, 2.75) is 19.8 Å². The number of carbonyl (C=O) groups excluding carboxylic acids is 1. The fourth-order valence-corrected chi connectivity index (χ4v) is 0.748. The summed E-state index contributed by atoms with van der Waals surface area (Å²) in [6.45, 7) is 5.38. The maximum absolute atomic E-state index is 10.7. The molecule has 0 aliphatic rings. The molecule has 4 N–H and O–H groups in total. The van der Waals surface area contributed by atoms with E-state index in [1.165, 1.54) is 0 Å². The van der Waals surface area contributed by atoms with Crippen LogP contribution in [0, 0.1) is 0 Å². The average Bonchev–Trinajstić information content (AvgIpc) is 1.98. The minimum Gasteiger partial charge on any atom is -0.402 e. The number of primary amides is 1. The minimum atomic E-state index is -0.454. The summed E-state index contributed by atoms with van der Waals surface area (Å²) in [4.78, 5) is 10.7. The molecule has 0 unspecified atom stereocenters. The Hall–Kier alpha value is -1.25. The van der Waals surface area contributed by atoms with Gasteiger partial charge in [-0.2, -0.15) is 0 Å². The molecule has 0 heterocycles. The van der Waals surface area contributed by atoms with Crippen molar-refractivity contribution >= 4 is 5.91 Å². The highest BCUT2D eigenvalue weighted by atomic mass is 16.1. The van der Waals surface area contributed by atoms with Gasteiger partial charge in [0.05, 0.1) is 0 Å². The highest BCUT2D eigenvalue weighted by molar-refractivity contribution is 5.92. The highest BCUT2D eigenvalue weighted by Gasteiger charge is 2.05. The van der Waals surface area contributed by atoms with Gasteiger partial charge in [0.15, 0.2) is 0 Å². The molecule has 0 aliphatic heterocycles. The third-order valence-corrected chi connectivity index (χ3v) is 1.41. The fourth-order valence-electron chi connectivity index (χ4n) is 0.748. The average molecular weight is 154 g/mol. The zero-order chi connectivity index (χ0) is 8.85. The number of hydrogen-bond acceptors (Lipinski definition) is 2. The lowest BCUT2D eigenvalue weighted by Gasteiger charge is -2.03. The molecule has 3 nitrogen and oxygen atoms in total. The lowest BCUT2D eigenvalue weighted by atomic mass is 10.1. The fraction of sp³-hybridized carbons (Fsp3) is 0.375. The smallest absolute Gasteiger partial charge is 0.246 e. The SMILES string of the molecule is C=CC/C(C(N)=O)=C(\N)CC. The molecular weight excluding hydrogens is 140 g/mol. The first kappa shape index (κ1) is 9.75. The van der Waals surface area contributed by atoms with E-state index in [2.05, 4.69) is 6.58 Å². The lowest BCUT2D eigenvalue weighted by Crippen LogP contribution is -2.18. The van der Waals surface area contributed by atoms with Gasteiger partial charge in [0.2, 0.25) is 5.91 Å². The molecule has 3 heteroatoms. The van der Waals surface area contributed by atoms with E-state index in [9.17, 15) is 4.79 Å². The Kier molecular flexibility index (Phi) is 4.03. The summed E-state index contributed by atoms with van der Waals surface area (Å²) in [6, 6.07) is 0. The second-order valence-corrected chi connectivity index (χ2v) is 2.21. The predicted molar refractivity (Wildman–Crippen MR) is 45.5 cm³/mol. The molecular formula is C8H14N2O. The standard InChI is InChI=1S/C8H14N2O/c1-3-5-6(8(10)11)7(9)4-2/h3H,1,4-5,9H2,2H3,(H2,10,11)/b7-6+. The molecule has 11 heavy (non-hydrogen) atoms. The monoisotopic (exact) mass is 154 g/mol. The van der Waals surface area contributed by atoms with Crippen LogP contribution in [-0.4, -0.2) is 5.91 Å². The minimum absolute atomic E-state index is 0.453. The van der Waals surface area contributed by atoms with E-state index in [4.69, 9.17) is 11.5 Å². The Morgan fingerprint density at radius 3 is 2.36 bits per heavy atom. The Morgan fingerprint density at radius 1 is 1.55 bits per heavy atom. The van der Waals surface area contributed by atoms with Crippen LogP contribution in [0.2, 0.25) is 0 Å². The number of amides is 1. The first-order valence-electron chi connectivity index (χ1n) is 3.51. The van der Waals surface area contributed by atoms with Gasteiger partial charge in [-0.05, 0) is 12.8 Å². The molecule has 62 valence electrons. The van der Waals surface area contributed by atoms with E-state index in [1.54, 1.807) is 6.08 Å². The van der Waals surface area contributed by atoms with Crippen LogP contribution in [0.3, 0.4) is 0 Å².